The molecule has 0 radical (unpaired) electrons. The van der Waals surface area contributed by atoms with Crippen molar-refractivity contribution < 1.29 is 0 Å². The fraction of sp³-hybridized carbons (Fsp3) is 0. The Morgan fingerprint density at radius 2 is 0.881 bits per heavy atom. The Balaban J connectivity index is 1.09. The molecular formula is C55H33N3S. The Labute approximate surface area is 343 Å². The van der Waals surface area contributed by atoms with E-state index < -0.39 is 0 Å². The second kappa shape index (κ2) is 12.5. The third-order valence-electron chi connectivity index (χ3n) is 12.3. The number of benzene rings is 9. The van der Waals surface area contributed by atoms with E-state index in [9.17, 15) is 0 Å². The maximum absolute atomic E-state index is 5.53. The molecule has 274 valence electrons. The lowest BCUT2D eigenvalue weighted by atomic mass is 9.92. The van der Waals surface area contributed by atoms with Gasteiger partial charge in [-0.05, 0) is 78.4 Å². The van der Waals surface area contributed by atoms with E-state index >= 15 is 0 Å². The Kier molecular flexibility index (Phi) is 6.89. The van der Waals surface area contributed by atoms with Crippen LogP contribution in [0.15, 0.2) is 200 Å². The number of fused-ring (bicyclic) bond motifs is 13. The van der Waals surface area contributed by atoms with Crippen molar-refractivity contribution >= 4 is 96.8 Å². The summed E-state index contributed by atoms with van der Waals surface area (Å²) in [6, 6.07) is 72.9. The minimum Gasteiger partial charge on any atom is -0.309 e. The van der Waals surface area contributed by atoms with Crippen LogP contribution in [0, 0.1) is 0 Å². The summed E-state index contributed by atoms with van der Waals surface area (Å²) in [5, 5.41) is 11.2. The van der Waals surface area contributed by atoms with Gasteiger partial charge in [-0.1, -0.05) is 127 Å². The summed E-state index contributed by atoms with van der Waals surface area (Å²) in [4.78, 5) is 5.53. The van der Waals surface area contributed by atoms with E-state index in [4.69, 9.17) is 4.98 Å². The van der Waals surface area contributed by atoms with Crippen molar-refractivity contribution in [1.82, 2.24) is 14.1 Å². The average Bonchev–Trinajstić information content (AvgIpc) is 3.97. The summed E-state index contributed by atoms with van der Waals surface area (Å²) in [5.41, 5.74) is 12.6. The summed E-state index contributed by atoms with van der Waals surface area (Å²) < 4.78 is 7.36. The molecule has 0 atom stereocenters. The van der Waals surface area contributed by atoms with Gasteiger partial charge in [0.2, 0.25) is 0 Å². The molecular weight excluding hydrogens is 735 g/mol. The fourth-order valence-corrected chi connectivity index (χ4v) is 11.0. The second-order valence-corrected chi connectivity index (χ2v) is 16.5. The Morgan fingerprint density at radius 1 is 0.356 bits per heavy atom. The van der Waals surface area contributed by atoms with Crippen molar-refractivity contribution in [3.05, 3.63) is 200 Å². The van der Waals surface area contributed by atoms with Gasteiger partial charge in [0.15, 0.2) is 0 Å². The predicted molar refractivity (Wildman–Crippen MR) is 252 cm³/mol. The SMILES string of the molecule is c1ccc(-n2c3ccccc3c3cc(-c4nc5ccccc5c5c4cc(-c4ccc(-n6c7ccccc7c7ccccc76)cc4)c4sc6ccccc6c45)ccc32)cc1. The highest BCUT2D eigenvalue weighted by Gasteiger charge is 2.22. The van der Waals surface area contributed by atoms with Crippen molar-refractivity contribution in [1.29, 1.82) is 0 Å². The van der Waals surface area contributed by atoms with Crippen molar-refractivity contribution in [3.63, 3.8) is 0 Å². The van der Waals surface area contributed by atoms with Crippen LogP contribution >= 0.6 is 11.3 Å². The number of para-hydroxylation sites is 5. The zero-order valence-electron chi connectivity index (χ0n) is 31.8. The lowest BCUT2D eigenvalue weighted by molar-refractivity contribution is 1.18. The number of hydrogen-bond donors (Lipinski definition) is 0. The second-order valence-electron chi connectivity index (χ2n) is 15.5. The normalized spacial score (nSPS) is 12.1. The third kappa shape index (κ3) is 4.72. The van der Waals surface area contributed by atoms with Gasteiger partial charge in [0.05, 0.1) is 33.3 Å². The van der Waals surface area contributed by atoms with E-state index in [0.717, 1.165) is 33.5 Å². The number of aromatic nitrogens is 3. The monoisotopic (exact) mass is 767 g/mol. The molecule has 4 heteroatoms. The van der Waals surface area contributed by atoms with E-state index in [-0.39, 0.29) is 0 Å². The number of thiophene rings is 1. The summed E-state index contributed by atoms with van der Waals surface area (Å²) in [5.74, 6) is 0. The van der Waals surface area contributed by atoms with Gasteiger partial charge in [0, 0.05) is 80.4 Å². The van der Waals surface area contributed by atoms with Gasteiger partial charge in [0.25, 0.3) is 0 Å². The minimum absolute atomic E-state index is 0.998. The van der Waals surface area contributed by atoms with Crippen LogP contribution in [-0.4, -0.2) is 14.1 Å². The maximum atomic E-state index is 5.53. The third-order valence-corrected chi connectivity index (χ3v) is 13.5. The van der Waals surface area contributed by atoms with Gasteiger partial charge >= 0.3 is 0 Å². The number of nitrogens with zero attached hydrogens (tertiary/aromatic N) is 3. The Hall–Kier alpha value is -7.53. The summed E-state index contributed by atoms with van der Waals surface area (Å²) in [6.45, 7) is 0. The van der Waals surface area contributed by atoms with Crippen LogP contribution < -0.4 is 0 Å². The smallest absolute Gasteiger partial charge is 0.0788 e. The Bertz CT molecular complexity index is 3780. The molecule has 3 nitrogen and oxygen atoms in total. The first kappa shape index (κ1) is 32.5. The van der Waals surface area contributed by atoms with Gasteiger partial charge in [0.1, 0.15) is 0 Å². The molecule has 0 unspecified atom stereocenters. The first-order valence-electron chi connectivity index (χ1n) is 20.1. The largest absolute Gasteiger partial charge is 0.309 e. The molecule has 0 aliphatic heterocycles. The molecule has 0 spiro atoms. The summed E-state index contributed by atoms with van der Waals surface area (Å²) in [6.07, 6.45) is 0. The molecule has 9 aromatic carbocycles. The predicted octanol–water partition coefficient (Wildman–Crippen LogP) is 15.3. The first-order valence-corrected chi connectivity index (χ1v) is 20.9. The van der Waals surface area contributed by atoms with Crippen LogP contribution in [-0.2, 0) is 0 Å². The highest BCUT2D eigenvalue weighted by atomic mass is 32.1. The molecule has 0 bridgehead atoms. The van der Waals surface area contributed by atoms with E-state index in [1.54, 1.807) is 0 Å². The lowest BCUT2D eigenvalue weighted by Gasteiger charge is -2.15. The standard InChI is InChI=1S/C55H33N3S/c1-2-14-36(15-3-1)57-49-24-12-7-18-40(49)44-32-35(28-31-50(44)57)54-45-33-43(55-53(42-20-8-13-25-51(42)59-55)52(45)41-19-4-9-21-46(41)56-54)34-26-29-37(30-27-34)58-47-22-10-5-16-38(47)39-17-6-11-23-48(39)58/h1-33H. The Morgan fingerprint density at radius 3 is 1.58 bits per heavy atom. The van der Waals surface area contributed by atoms with Crippen LogP contribution in [0.4, 0.5) is 0 Å². The molecule has 0 saturated heterocycles. The number of pyridine rings is 1. The van der Waals surface area contributed by atoms with Crippen LogP contribution in [0.25, 0.3) is 119 Å². The fourth-order valence-electron chi connectivity index (χ4n) is 9.73. The molecule has 0 saturated carbocycles. The number of hydrogen-bond acceptors (Lipinski definition) is 2. The van der Waals surface area contributed by atoms with Gasteiger partial charge in [-0.25, -0.2) is 4.98 Å². The van der Waals surface area contributed by atoms with Crippen molar-refractivity contribution in [2.75, 3.05) is 0 Å². The minimum atomic E-state index is 0.998. The van der Waals surface area contributed by atoms with Crippen molar-refractivity contribution in [2.24, 2.45) is 0 Å². The summed E-state index contributed by atoms with van der Waals surface area (Å²) in [7, 11) is 0. The molecule has 4 aromatic heterocycles. The van der Waals surface area contributed by atoms with Crippen LogP contribution in [0.3, 0.4) is 0 Å². The van der Waals surface area contributed by atoms with Crippen LogP contribution in [0.5, 0.6) is 0 Å². The van der Waals surface area contributed by atoms with E-state index in [1.165, 1.54) is 85.7 Å². The van der Waals surface area contributed by atoms with Crippen molar-refractivity contribution in [3.8, 4) is 33.8 Å². The zero-order chi connectivity index (χ0) is 38.6. The van der Waals surface area contributed by atoms with Gasteiger partial charge in [-0.15, -0.1) is 11.3 Å². The molecule has 4 heterocycles. The average molecular weight is 768 g/mol. The quantitative estimate of drug-likeness (QED) is 0.164. The van der Waals surface area contributed by atoms with Crippen molar-refractivity contribution in [2.45, 2.75) is 0 Å². The lowest BCUT2D eigenvalue weighted by Crippen LogP contribution is -1.94. The molecule has 13 rings (SSSR count). The van der Waals surface area contributed by atoms with E-state index in [0.29, 0.717) is 0 Å². The topological polar surface area (TPSA) is 22.8 Å². The number of rotatable bonds is 4. The highest BCUT2D eigenvalue weighted by Crippen LogP contribution is 2.48. The molecule has 0 fully saturated rings. The van der Waals surface area contributed by atoms with Gasteiger partial charge in [-0.2, -0.15) is 0 Å². The highest BCUT2D eigenvalue weighted by molar-refractivity contribution is 7.26. The molecule has 0 aliphatic carbocycles. The van der Waals surface area contributed by atoms with Crippen LogP contribution in [0.1, 0.15) is 0 Å². The molecule has 0 N–H and O–H groups in total. The maximum Gasteiger partial charge on any atom is 0.0788 e. The molecule has 0 aliphatic rings. The van der Waals surface area contributed by atoms with Crippen LogP contribution in [0.2, 0.25) is 0 Å². The molecule has 59 heavy (non-hydrogen) atoms. The van der Waals surface area contributed by atoms with Gasteiger partial charge < -0.3 is 9.13 Å². The van der Waals surface area contributed by atoms with E-state index in [2.05, 4.69) is 209 Å². The first-order chi connectivity index (χ1) is 29.3. The molecule has 13 aromatic rings. The van der Waals surface area contributed by atoms with E-state index in [1.807, 2.05) is 11.3 Å². The summed E-state index contributed by atoms with van der Waals surface area (Å²) >= 11 is 1.89. The molecule has 0 amide bonds. The zero-order valence-corrected chi connectivity index (χ0v) is 32.6. The van der Waals surface area contributed by atoms with Gasteiger partial charge in [-0.3, -0.25) is 0 Å².